The second-order valence-electron chi connectivity index (χ2n) is 6.10. The van der Waals surface area contributed by atoms with Gasteiger partial charge in [-0.25, -0.2) is 4.79 Å². The first-order valence-corrected chi connectivity index (χ1v) is 8.62. The van der Waals surface area contributed by atoms with Crippen LogP contribution in [0.1, 0.15) is 35.7 Å². The molecule has 25 heavy (non-hydrogen) atoms. The fourth-order valence-electron chi connectivity index (χ4n) is 2.75. The Hall–Kier alpha value is -2.75. The van der Waals surface area contributed by atoms with Crippen LogP contribution in [-0.4, -0.2) is 17.1 Å². The number of esters is 1. The number of hydrogen-bond donors (Lipinski definition) is 0. The van der Waals surface area contributed by atoms with E-state index < -0.39 is 0 Å². The van der Waals surface area contributed by atoms with Crippen molar-refractivity contribution in [3.63, 3.8) is 0 Å². The zero-order valence-corrected chi connectivity index (χ0v) is 14.7. The highest BCUT2D eigenvalue weighted by Crippen LogP contribution is 2.26. The maximum absolute atomic E-state index is 12.4. The number of nitrogens with zero attached hydrogens (tertiary/aromatic N) is 1. The van der Waals surface area contributed by atoms with Crippen molar-refractivity contribution < 1.29 is 14.3 Å². The number of aryl methyl sites for hydroxylation is 1. The van der Waals surface area contributed by atoms with Crippen LogP contribution in [0.4, 0.5) is 0 Å². The Balaban J connectivity index is 1.80. The molecule has 0 bridgehead atoms. The summed E-state index contributed by atoms with van der Waals surface area (Å²) >= 11 is 0. The molecule has 0 spiro atoms. The van der Waals surface area contributed by atoms with Gasteiger partial charge in [0.2, 0.25) is 0 Å². The van der Waals surface area contributed by atoms with Crippen molar-refractivity contribution in [2.24, 2.45) is 7.05 Å². The van der Waals surface area contributed by atoms with Crippen LogP contribution in [0.2, 0.25) is 0 Å². The number of carbonyl (C=O) groups excluding carboxylic acids is 1. The molecule has 4 nitrogen and oxygen atoms in total. The number of aromatic nitrogens is 1. The summed E-state index contributed by atoms with van der Waals surface area (Å²) in [7, 11) is 1.93. The number of carbonyl (C=O) groups is 1. The first-order chi connectivity index (χ1) is 12.2. The molecule has 0 aliphatic carbocycles. The van der Waals surface area contributed by atoms with Crippen LogP contribution in [-0.2, 0) is 18.4 Å². The summed E-state index contributed by atoms with van der Waals surface area (Å²) in [6.45, 7) is 3.02. The molecular weight excluding hydrogens is 314 g/mol. The molecule has 0 saturated heterocycles. The molecule has 1 aromatic heterocycles. The predicted molar refractivity (Wildman–Crippen MR) is 98.9 cm³/mol. The van der Waals surface area contributed by atoms with Crippen molar-refractivity contribution in [2.75, 3.05) is 6.61 Å². The van der Waals surface area contributed by atoms with Crippen molar-refractivity contribution in [1.29, 1.82) is 0 Å². The SMILES string of the molecule is CCCCOC(=O)c1cn(C)c2ccc(OCc3ccccc3)cc12. The molecule has 2 aromatic carbocycles. The summed E-state index contributed by atoms with van der Waals surface area (Å²) < 4.78 is 13.2. The third-order valence-electron chi connectivity index (χ3n) is 4.16. The summed E-state index contributed by atoms with van der Waals surface area (Å²) in [6, 6.07) is 15.8. The second kappa shape index (κ2) is 7.88. The van der Waals surface area contributed by atoms with Crippen molar-refractivity contribution in [3.8, 4) is 5.75 Å². The van der Waals surface area contributed by atoms with Crippen molar-refractivity contribution in [1.82, 2.24) is 4.57 Å². The number of rotatable bonds is 7. The first-order valence-electron chi connectivity index (χ1n) is 8.62. The molecule has 4 heteroatoms. The van der Waals surface area contributed by atoms with E-state index in [1.165, 1.54) is 0 Å². The van der Waals surface area contributed by atoms with E-state index in [9.17, 15) is 4.79 Å². The van der Waals surface area contributed by atoms with Gasteiger partial charge in [-0.05, 0) is 30.2 Å². The number of hydrogen-bond acceptors (Lipinski definition) is 3. The number of fused-ring (bicyclic) bond motifs is 1. The number of unbranched alkanes of at least 4 members (excludes halogenated alkanes) is 1. The van der Waals surface area contributed by atoms with Gasteiger partial charge in [0.05, 0.1) is 12.2 Å². The summed E-state index contributed by atoms with van der Waals surface area (Å²) in [6.07, 6.45) is 3.70. The van der Waals surface area contributed by atoms with Crippen molar-refractivity contribution >= 4 is 16.9 Å². The summed E-state index contributed by atoms with van der Waals surface area (Å²) in [5, 5.41) is 0.856. The fraction of sp³-hybridized carbons (Fsp3) is 0.286. The van der Waals surface area contributed by atoms with Gasteiger partial charge in [-0.2, -0.15) is 0 Å². The zero-order valence-electron chi connectivity index (χ0n) is 14.7. The number of benzene rings is 2. The van der Waals surface area contributed by atoms with E-state index in [1.807, 2.05) is 66.3 Å². The molecule has 130 valence electrons. The van der Waals surface area contributed by atoms with Crippen LogP contribution in [0.3, 0.4) is 0 Å². The highest BCUT2D eigenvalue weighted by atomic mass is 16.5. The van der Waals surface area contributed by atoms with Gasteiger partial charge >= 0.3 is 5.97 Å². The highest BCUT2D eigenvalue weighted by molar-refractivity contribution is 6.04. The van der Waals surface area contributed by atoms with Gasteiger partial charge in [0.25, 0.3) is 0 Å². The third kappa shape index (κ3) is 4.02. The molecule has 0 amide bonds. The van der Waals surface area contributed by atoms with E-state index in [1.54, 1.807) is 0 Å². The second-order valence-corrected chi connectivity index (χ2v) is 6.10. The minimum Gasteiger partial charge on any atom is -0.489 e. The summed E-state index contributed by atoms with van der Waals surface area (Å²) in [5.41, 5.74) is 2.67. The topological polar surface area (TPSA) is 40.5 Å². The van der Waals surface area contributed by atoms with Gasteiger partial charge in [0, 0.05) is 24.1 Å². The van der Waals surface area contributed by atoms with E-state index >= 15 is 0 Å². The molecule has 0 atom stereocenters. The Kier molecular flexibility index (Phi) is 5.39. The molecule has 3 aromatic rings. The van der Waals surface area contributed by atoms with Crippen LogP contribution in [0, 0.1) is 0 Å². The zero-order chi connectivity index (χ0) is 17.6. The van der Waals surface area contributed by atoms with E-state index in [-0.39, 0.29) is 5.97 Å². The smallest absolute Gasteiger partial charge is 0.340 e. The Morgan fingerprint density at radius 2 is 1.92 bits per heavy atom. The minimum absolute atomic E-state index is 0.278. The van der Waals surface area contributed by atoms with Gasteiger partial charge in [-0.1, -0.05) is 43.7 Å². The molecular formula is C21H23NO3. The summed E-state index contributed by atoms with van der Waals surface area (Å²) in [4.78, 5) is 12.4. The van der Waals surface area contributed by atoms with Gasteiger partial charge < -0.3 is 14.0 Å². The molecule has 0 radical (unpaired) electrons. The molecule has 0 saturated carbocycles. The van der Waals surface area contributed by atoms with Crippen molar-refractivity contribution in [2.45, 2.75) is 26.4 Å². The van der Waals surface area contributed by atoms with Gasteiger partial charge in [0.15, 0.2) is 0 Å². The molecule has 0 N–H and O–H groups in total. The monoisotopic (exact) mass is 337 g/mol. The van der Waals surface area contributed by atoms with E-state index in [0.29, 0.717) is 18.8 Å². The van der Waals surface area contributed by atoms with Gasteiger partial charge in [-0.3, -0.25) is 0 Å². The average Bonchev–Trinajstić information content (AvgIpc) is 2.97. The number of ether oxygens (including phenoxy) is 2. The lowest BCUT2D eigenvalue weighted by Gasteiger charge is -2.07. The molecule has 0 aliphatic heterocycles. The third-order valence-corrected chi connectivity index (χ3v) is 4.16. The predicted octanol–water partition coefficient (Wildman–Crippen LogP) is 4.71. The lowest BCUT2D eigenvalue weighted by atomic mass is 10.1. The Labute approximate surface area is 148 Å². The fourth-order valence-corrected chi connectivity index (χ4v) is 2.75. The quantitative estimate of drug-likeness (QED) is 0.463. The Morgan fingerprint density at radius 3 is 2.68 bits per heavy atom. The lowest BCUT2D eigenvalue weighted by Crippen LogP contribution is -2.05. The van der Waals surface area contributed by atoms with Gasteiger partial charge in [0.1, 0.15) is 12.4 Å². The largest absolute Gasteiger partial charge is 0.489 e. The van der Waals surface area contributed by atoms with Crippen LogP contribution >= 0.6 is 0 Å². The normalized spacial score (nSPS) is 10.8. The maximum atomic E-state index is 12.4. The maximum Gasteiger partial charge on any atom is 0.340 e. The van der Waals surface area contributed by atoms with Crippen molar-refractivity contribution in [3.05, 3.63) is 65.9 Å². The Morgan fingerprint density at radius 1 is 1.12 bits per heavy atom. The van der Waals surface area contributed by atoms with Crippen LogP contribution in [0.15, 0.2) is 54.7 Å². The standard InChI is InChI=1S/C21H23NO3/c1-3-4-12-24-21(23)19-14-22(2)20-11-10-17(13-18(19)20)25-15-16-8-6-5-7-9-16/h5-11,13-14H,3-4,12,15H2,1-2H3. The lowest BCUT2D eigenvalue weighted by molar-refractivity contribution is 0.0502. The van der Waals surface area contributed by atoms with E-state index in [0.717, 1.165) is 35.1 Å². The van der Waals surface area contributed by atoms with E-state index in [2.05, 4.69) is 6.92 Å². The molecule has 0 fully saturated rings. The molecule has 1 heterocycles. The van der Waals surface area contributed by atoms with Gasteiger partial charge in [-0.15, -0.1) is 0 Å². The van der Waals surface area contributed by atoms with Crippen LogP contribution in [0.5, 0.6) is 5.75 Å². The molecule has 0 aliphatic rings. The highest BCUT2D eigenvalue weighted by Gasteiger charge is 2.16. The average molecular weight is 337 g/mol. The minimum atomic E-state index is -0.278. The molecule has 0 unspecified atom stereocenters. The van der Waals surface area contributed by atoms with E-state index in [4.69, 9.17) is 9.47 Å². The molecule has 3 rings (SSSR count). The van der Waals surface area contributed by atoms with Crippen LogP contribution in [0.25, 0.3) is 10.9 Å². The van der Waals surface area contributed by atoms with Crippen LogP contribution < -0.4 is 4.74 Å². The first kappa shape index (κ1) is 17.1. The Bertz CT molecular complexity index is 852. The summed E-state index contributed by atoms with van der Waals surface area (Å²) in [5.74, 6) is 0.462.